The Morgan fingerprint density at radius 3 is 2.92 bits per heavy atom. The fourth-order valence-electron chi connectivity index (χ4n) is 3.41. The van der Waals surface area contributed by atoms with E-state index in [0.717, 1.165) is 46.7 Å². The number of rotatable bonds is 3. The van der Waals surface area contributed by atoms with Crippen LogP contribution >= 0.6 is 27.3 Å². The van der Waals surface area contributed by atoms with Crippen molar-refractivity contribution in [1.82, 2.24) is 9.88 Å². The Kier molecular flexibility index (Phi) is 4.96. The van der Waals surface area contributed by atoms with Crippen LogP contribution in [0.5, 0.6) is 5.75 Å². The first kappa shape index (κ1) is 17.5. The standard InChI is InChI=1S/C20H19BrN2O2S/c1-25-17-9-8-13(11-15(17)21)20(24)23-10-4-5-14(12-23)19-22-16-6-2-3-7-18(16)26-19/h2-3,6-9,11,14H,4-5,10,12H2,1H3/t14-/m1/s1. The van der Waals surface area contributed by atoms with Gasteiger partial charge in [0.1, 0.15) is 5.75 Å². The SMILES string of the molecule is COc1ccc(C(=O)N2CCC[C@@H](c3nc4ccccc4s3)C2)cc1Br. The highest BCUT2D eigenvalue weighted by molar-refractivity contribution is 9.10. The molecule has 0 N–H and O–H groups in total. The predicted octanol–water partition coefficient (Wildman–Crippen LogP) is 5.09. The van der Waals surface area contributed by atoms with Crippen LogP contribution in [0.25, 0.3) is 10.2 Å². The van der Waals surface area contributed by atoms with Crippen LogP contribution in [-0.2, 0) is 0 Å². The molecule has 0 spiro atoms. The summed E-state index contributed by atoms with van der Waals surface area (Å²) in [6, 6.07) is 13.7. The third kappa shape index (κ3) is 3.35. The van der Waals surface area contributed by atoms with Crippen molar-refractivity contribution in [2.24, 2.45) is 0 Å². The Balaban J connectivity index is 1.54. The van der Waals surface area contributed by atoms with Crippen molar-refractivity contribution < 1.29 is 9.53 Å². The van der Waals surface area contributed by atoms with E-state index < -0.39 is 0 Å². The molecule has 6 heteroatoms. The first-order valence-corrected chi connectivity index (χ1v) is 10.2. The molecule has 0 saturated carbocycles. The lowest BCUT2D eigenvalue weighted by Crippen LogP contribution is -2.39. The van der Waals surface area contributed by atoms with Gasteiger partial charge in [0.25, 0.3) is 5.91 Å². The molecule has 1 aromatic heterocycles. The number of thiazole rings is 1. The van der Waals surface area contributed by atoms with Crippen LogP contribution in [0.4, 0.5) is 0 Å². The summed E-state index contributed by atoms with van der Waals surface area (Å²) in [7, 11) is 1.62. The Hall–Kier alpha value is -1.92. The predicted molar refractivity (Wildman–Crippen MR) is 108 cm³/mol. The van der Waals surface area contributed by atoms with Crippen LogP contribution < -0.4 is 4.74 Å². The number of carbonyl (C=O) groups excluding carboxylic acids is 1. The lowest BCUT2D eigenvalue weighted by atomic mass is 9.98. The van der Waals surface area contributed by atoms with Gasteiger partial charge in [-0.25, -0.2) is 4.98 Å². The Morgan fingerprint density at radius 1 is 1.31 bits per heavy atom. The normalized spacial score (nSPS) is 17.5. The van der Waals surface area contributed by atoms with Gasteiger partial charge < -0.3 is 9.64 Å². The third-order valence-electron chi connectivity index (χ3n) is 4.77. The number of carbonyl (C=O) groups is 1. The molecule has 0 unspecified atom stereocenters. The van der Waals surface area contributed by atoms with Crippen molar-refractivity contribution in [2.45, 2.75) is 18.8 Å². The summed E-state index contributed by atoms with van der Waals surface area (Å²) >= 11 is 5.21. The van der Waals surface area contributed by atoms with Gasteiger partial charge in [-0.2, -0.15) is 0 Å². The van der Waals surface area contributed by atoms with E-state index >= 15 is 0 Å². The smallest absolute Gasteiger partial charge is 0.253 e. The summed E-state index contributed by atoms with van der Waals surface area (Å²) in [5.41, 5.74) is 1.73. The zero-order valence-corrected chi connectivity index (χ0v) is 16.8. The molecule has 26 heavy (non-hydrogen) atoms. The zero-order chi connectivity index (χ0) is 18.1. The minimum atomic E-state index is 0.0687. The van der Waals surface area contributed by atoms with Crippen LogP contribution in [-0.4, -0.2) is 36.0 Å². The second-order valence-electron chi connectivity index (χ2n) is 6.46. The van der Waals surface area contributed by atoms with Gasteiger partial charge in [-0.3, -0.25) is 4.79 Å². The van der Waals surface area contributed by atoms with E-state index in [1.165, 1.54) is 4.70 Å². The molecule has 0 bridgehead atoms. The minimum absolute atomic E-state index is 0.0687. The molecule has 1 aliphatic rings. The highest BCUT2D eigenvalue weighted by Crippen LogP contribution is 2.34. The maximum Gasteiger partial charge on any atom is 0.253 e. The van der Waals surface area contributed by atoms with Crippen LogP contribution in [0.2, 0.25) is 0 Å². The van der Waals surface area contributed by atoms with E-state index in [2.05, 4.69) is 28.1 Å². The lowest BCUT2D eigenvalue weighted by Gasteiger charge is -2.32. The number of hydrogen-bond donors (Lipinski definition) is 0. The second kappa shape index (κ2) is 7.37. The topological polar surface area (TPSA) is 42.4 Å². The van der Waals surface area contributed by atoms with Crippen LogP contribution in [0.3, 0.4) is 0 Å². The van der Waals surface area contributed by atoms with Gasteiger partial charge in [0.2, 0.25) is 0 Å². The van der Waals surface area contributed by atoms with Crippen molar-refractivity contribution in [3.05, 3.63) is 57.5 Å². The van der Waals surface area contributed by atoms with E-state index in [1.54, 1.807) is 18.4 Å². The van der Waals surface area contributed by atoms with Crippen molar-refractivity contribution in [3.63, 3.8) is 0 Å². The molecule has 1 saturated heterocycles. The van der Waals surface area contributed by atoms with Gasteiger partial charge >= 0.3 is 0 Å². The second-order valence-corrected chi connectivity index (χ2v) is 8.38. The molecular weight excluding hydrogens is 412 g/mol. The number of amides is 1. The van der Waals surface area contributed by atoms with Crippen LogP contribution in [0, 0.1) is 0 Å². The largest absolute Gasteiger partial charge is 0.496 e. The molecule has 1 amide bonds. The average Bonchev–Trinajstić information content (AvgIpc) is 3.12. The van der Waals surface area contributed by atoms with Crippen LogP contribution in [0.15, 0.2) is 46.9 Å². The third-order valence-corrected chi connectivity index (χ3v) is 6.59. The minimum Gasteiger partial charge on any atom is -0.496 e. The number of para-hydroxylation sites is 1. The van der Waals surface area contributed by atoms with E-state index in [-0.39, 0.29) is 5.91 Å². The monoisotopic (exact) mass is 430 g/mol. The lowest BCUT2D eigenvalue weighted by molar-refractivity contribution is 0.0707. The number of likely N-dealkylation sites (tertiary alicyclic amines) is 1. The van der Waals surface area contributed by atoms with E-state index in [0.29, 0.717) is 11.5 Å². The molecule has 1 atom stereocenters. The first-order chi connectivity index (χ1) is 12.7. The molecule has 134 valence electrons. The number of piperidine rings is 1. The zero-order valence-electron chi connectivity index (χ0n) is 14.4. The Labute approximate surface area is 164 Å². The van der Waals surface area contributed by atoms with Gasteiger partial charge in [-0.15, -0.1) is 11.3 Å². The number of nitrogens with zero attached hydrogens (tertiary/aromatic N) is 2. The maximum atomic E-state index is 12.9. The Bertz CT molecular complexity index is 923. The summed E-state index contributed by atoms with van der Waals surface area (Å²) in [5, 5.41) is 1.14. The molecule has 3 aromatic rings. The van der Waals surface area contributed by atoms with Gasteiger partial charge in [0.05, 0.1) is 26.8 Å². The number of aromatic nitrogens is 1. The first-order valence-electron chi connectivity index (χ1n) is 8.64. The molecule has 1 aliphatic heterocycles. The van der Waals surface area contributed by atoms with Crippen molar-refractivity contribution in [2.75, 3.05) is 20.2 Å². The summed E-state index contributed by atoms with van der Waals surface area (Å²) < 4.78 is 7.26. The number of halogens is 1. The fourth-order valence-corrected chi connectivity index (χ4v) is 5.04. The van der Waals surface area contributed by atoms with Crippen molar-refractivity contribution in [3.8, 4) is 5.75 Å². The number of hydrogen-bond acceptors (Lipinski definition) is 4. The van der Waals surface area contributed by atoms with E-state index in [4.69, 9.17) is 9.72 Å². The molecule has 1 fully saturated rings. The van der Waals surface area contributed by atoms with Gasteiger partial charge in [0, 0.05) is 24.6 Å². The molecule has 2 aromatic carbocycles. The molecule has 2 heterocycles. The number of methoxy groups -OCH3 is 1. The Morgan fingerprint density at radius 2 is 2.15 bits per heavy atom. The molecule has 4 rings (SSSR count). The summed E-state index contributed by atoms with van der Waals surface area (Å²) in [6.45, 7) is 1.52. The highest BCUT2D eigenvalue weighted by Gasteiger charge is 2.27. The van der Waals surface area contributed by atoms with Gasteiger partial charge in [0.15, 0.2) is 0 Å². The molecule has 0 radical (unpaired) electrons. The average molecular weight is 431 g/mol. The quantitative estimate of drug-likeness (QED) is 0.581. The van der Waals surface area contributed by atoms with E-state index in [1.807, 2.05) is 35.2 Å². The van der Waals surface area contributed by atoms with Crippen molar-refractivity contribution in [1.29, 1.82) is 0 Å². The molecule has 4 nitrogen and oxygen atoms in total. The molecule has 0 aliphatic carbocycles. The number of benzene rings is 2. The van der Waals surface area contributed by atoms with Crippen LogP contribution in [0.1, 0.15) is 34.1 Å². The fraction of sp³-hybridized carbons (Fsp3) is 0.300. The number of fused-ring (bicyclic) bond motifs is 1. The summed E-state index contributed by atoms with van der Waals surface area (Å²) in [6.07, 6.45) is 2.08. The van der Waals surface area contributed by atoms with Gasteiger partial charge in [-0.05, 0) is 59.1 Å². The van der Waals surface area contributed by atoms with Gasteiger partial charge in [-0.1, -0.05) is 12.1 Å². The summed E-state index contributed by atoms with van der Waals surface area (Å²) in [5.74, 6) is 1.11. The van der Waals surface area contributed by atoms with E-state index in [9.17, 15) is 4.79 Å². The maximum absolute atomic E-state index is 12.9. The summed E-state index contributed by atoms with van der Waals surface area (Å²) in [4.78, 5) is 19.7. The highest BCUT2D eigenvalue weighted by atomic mass is 79.9. The number of ether oxygens (including phenoxy) is 1. The van der Waals surface area contributed by atoms with Crippen molar-refractivity contribution >= 4 is 43.4 Å². The molecular formula is C20H19BrN2O2S.